The highest BCUT2D eigenvalue weighted by Gasteiger charge is 2.30. The molecular weight excluding hydrogens is 403 g/mol. The second-order valence-electron chi connectivity index (χ2n) is 7.01. The number of amides is 2. The molecule has 1 aliphatic carbocycles. The summed E-state index contributed by atoms with van der Waals surface area (Å²) in [4.78, 5) is 36.5. The van der Waals surface area contributed by atoms with E-state index in [1.807, 2.05) is 0 Å². The van der Waals surface area contributed by atoms with Gasteiger partial charge in [0.1, 0.15) is 5.69 Å². The average Bonchev–Trinajstić information content (AvgIpc) is 3.51. The molecule has 2 aromatic rings. The SMILES string of the molecule is Cc1cc(C(=O)NC(C)c2ccc(OCC(F)(F)F)nc2)nc(NC(=O)C2CC2)n1. The number of anilines is 1. The van der Waals surface area contributed by atoms with E-state index in [2.05, 4.69) is 30.3 Å². The number of nitrogens with zero attached hydrogens (tertiary/aromatic N) is 3. The van der Waals surface area contributed by atoms with Crippen molar-refractivity contribution in [1.82, 2.24) is 20.3 Å². The van der Waals surface area contributed by atoms with Crippen molar-refractivity contribution >= 4 is 17.8 Å². The summed E-state index contributed by atoms with van der Waals surface area (Å²) < 4.78 is 41.1. The number of ether oxygens (including phenoxy) is 1. The highest BCUT2D eigenvalue weighted by atomic mass is 19.4. The fourth-order valence-corrected chi connectivity index (χ4v) is 2.54. The minimum atomic E-state index is -4.45. The third-order valence-corrected chi connectivity index (χ3v) is 4.26. The van der Waals surface area contributed by atoms with E-state index in [9.17, 15) is 22.8 Å². The van der Waals surface area contributed by atoms with E-state index in [0.29, 0.717) is 11.3 Å². The van der Waals surface area contributed by atoms with Crippen LogP contribution in [0.5, 0.6) is 5.88 Å². The Bertz CT molecular complexity index is 930. The average molecular weight is 423 g/mol. The van der Waals surface area contributed by atoms with Crippen LogP contribution in [0.2, 0.25) is 0 Å². The lowest BCUT2D eigenvalue weighted by Crippen LogP contribution is -2.28. The maximum Gasteiger partial charge on any atom is 0.422 e. The van der Waals surface area contributed by atoms with Crippen LogP contribution in [0.3, 0.4) is 0 Å². The van der Waals surface area contributed by atoms with Gasteiger partial charge in [0, 0.05) is 23.9 Å². The number of aryl methyl sites for hydroxylation is 1. The fraction of sp³-hybridized carbons (Fsp3) is 0.421. The number of aromatic nitrogens is 3. The van der Waals surface area contributed by atoms with Gasteiger partial charge in [-0.25, -0.2) is 15.0 Å². The first kappa shape index (κ1) is 21.5. The summed E-state index contributed by atoms with van der Waals surface area (Å²) in [7, 11) is 0. The van der Waals surface area contributed by atoms with Crippen LogP contribution in [-0.4, -0.2) is 39.5 Å². The molecule has 1 aliphatic rings. The summed E-state index contributed by atoms with van der Waals surface area (Å²) >= 11 is 0. The molecule has 0 radical (unpaired) electrons. The molecule has 1 fully saturated rings. The number of hydrogen-bond acceptors (Lipinski definition) is 6. The third kappa shape index (κ3) is 6.13. The summed E-state index contributed by atoms with van der Waals surface area (Å²) in [5, 5.41) is 5.34. The Balaban J connectivity index is 1.62. The van der Waals surface area contributed by atoms with Gasteiger partial charge in [0.2, 0.25) is 17.7 Å². The highest BCUT2D eigenvalue weighted by molar-refractivity contribution is 5.95. The summed E-state index contributed by atoms with van der Waals surface area (Å²) in [5.74, 6) is -0.789. The minimum absolute atomic E-state index is 0.0259. The summed E-state index contributed by atoms with van der Waals surface area (Å²) in [6, 6.07) is 3.79. The van der Waals surface area contributed by atoms with Crippen molar-refractivity contribution in [2.45, 2.75) is 38.9 Å². The molecule has 3 rings (SSSR count). The molecule has 2 heterocycles. The normalized spacial score (nSPS) is 14.7. The van der Waals surface area contributed by atoms with E-state index in [1.54, 1.807) is 13.8 Å². The van der Waals surface area contributed by atoms with Crippen LogP contribution < -0.4 is 15.4 Å². The van der Waals surface area contributed by atoms with Crippen LogP contribution in [0, 0.1) is 12.8 Å². The van der Waals surface area contributed by atoms with Crippen LogP contribution in [-0.2, 0) is 4.79 Å². The molecule has 2 N–H and O–H groups in total. The van der Waals surface area contributed by atoms with E-state index >= 15 is 0 Å². The summed E-state index contributed by atoms with van der Waals surface area (Å²) in [6.45, 7) is 1.94. The monoisotopic (exact) mass is 423 g/mol. The van der Waals surface area contributed by atoms with Gasteiger partial charge in [0.25, 0.3) is 5.91 Å². The lowest BCUT2D eigenvalue weighted by Gasteiger charge is -2.15. The van der Waals surface area contributed by atoms with Crippen LogP contribution in [0.25, 0.3) is 0 Å². The van der Waals surface area contributed by atoms with Gasteiger partial charge < -0.3 is 10.1 Å². The zero-order valence-electron chi connectivity index (χ0n) is 16.3. The quantitative estimate of drug-likeness (QED) is 0.709. The van der Waals surface area contributed by atoms with Crippen LogP contribution in [0.15, 0.2) is 24.4 Å². The molecule has 2 amide bonds. The maximum atomic E-state index is 12.6. The Labute approximate surface area is 170 Å². The Morgan fingerprint density at radius 3 is 2.60 bits per heavy atom. The van der Waals surface area contributed by atoms with Crippen molar-refractivity contribution < 1.29 is 27.5 Å². The topological polar surface area (TPSA) is 106 Å². The molecular formula is C19H20F3N5O3. The Morgan fingerprint density at radius 1 is 1.27 bits per heavy atom. The Morgan fingerprint density at radius 2 is 2.00 bits per heavy atom. The van der Waals surface area contributed by atoms with Crippen molar-refractivity contribution in [3.8, 4) is 5.88 Å². The minimum Gasteiger partial charge on any atom is -0.468 e. The number of hydrogen-bond donors (Lipinski definition) is 2. The van der Waals surface area contributed by atoms with Gasteiger partial charge in [0.05, 0.1) is 6.04 Å². The summed E-state index contributed by atoms with van der Waals surface area (Å²) in [5.41, 5.74) is 1.16. The van der Waals surface area contributed by atoms with Crippen molar-refractivity contribution in [3.05, 3.63) is 41.3 Å². The second kappa shape index (κ2) is 8.64. The highest BCUT2D eigenvalue weighted by Crippen LogP contribution is 2.29. The van der Waals surface area contributed by atoms with Crippen molar-refractivity contribution in [1.29, 1.82) is 0 Å². The molecule has 0 aromatic carbocycles. The smallest absolute Gasteiger partial charge is 0.422 e. The van der Waals surface area contributed by atoms with Gasteiger partial charge in [-0.3, -0.25) is 14.9 Å². The third-order valence-electron chi connectivity index (χ3n) is 4.26. The number of rotatable bonds is 7. The van der Waals surface area contributed by atoms with E-state index in [0.717, 1.165) is 12.8 Å². The van der Waals surface area contributed by atoms with E-state index in [1.165, 1.54) is 24.4 Å². The first-order valence-corrected chi connectivity index (χ1v) is 9.23. The molecule has 30 heavy (non-hydrogen) atoms. The molecule has 1 atom stereocenters. The van der Waals surface area contributed by atoms with Crippen molar-refractivity contribution in [2.75, 3.05) is 11.9 Å². The molecule has 0 saturated heterocycles. The number of carbonyl (C=O) groups is 2. The molecule has 11 heteroatoms. The number of halogens is 3. The number of carbonyl (C=O) groups excluding carboxylic acids is 2. The van der Waals surface area contributed by atoms with Gasteiger partial charge in [-0.1, -0.05) is 6.07 Å². The van der Waals surface area contributed by atoms with Gasteiger partial charge in [-0.2, -0.15) is 13.2 Å². The molecule has 0 spiro atoms. The van der Waals surface area contributed by atoms with E-state index in [4.69, 9.17) is 0 Å². The van der Waals surface area contributed by atoms with Gasteiger partial charge in [-0.05, 0) is 38.3 Å². The van der Waals surface area contributed by atoms with E-state index < -0.39 is 24.7 Å². The standard InChI is InChI=1S/C19H20F3N5O3/c1-10-7-14(26-18(24-10)27-16(28)12-3-4-12)17(29)25-11(2)13-5-6-15(23-8-13)30-9-19(20,21)22/h5-8,11-12H,3-4,9H2,1-2H3,(H,25,29)(H,24,26,27,28). The fourth-order valence-electron chi connectivity index (χ4n) is 2.54. The Kier molecular flexibility index (Phi) is 6.18. The molecule has 1 saturated carbocycles. The lowest BCUT2D eigenvalue weighted by molar-refractivity contribution is -0.154. The van der Waals surface area contributed by atoms with Crippen LogP contribution in [0.4, 0.5) is 19.1 Å². The van der Waals surface area contributed by atoms with Gasteiger partial charge >= 0.3 is 6.18 Å². The zero-order chi connectivity index (χ0) is 21.9. The van der Waals surface area contributed by atoms with E-state index in [-0.39, 0.29) is 29.3 Å². The maximum absolute atomic E-state index is 12.6. The molecule has 0 aliphatic heterocycles. The van der Waals surface area contributed by atoms with Gasteiger partial charge in [0.15, 0.2) is 6.61 Å². The summed E-state index contributed by atoms with van der Waals surface area (Å²) in [6.07, 6.45) is -1.47. The molecule has 8 nitrogen and oxygen atoms in total. The Hall–Kier alpha value is -3.24. The van der Waals surface area contributed by atoms with Crippen molar-refractivity contribution in [2.24, 2.45) is 5.92 Å². The molecule has 2 aromatic heterocycles. The lowest BCUT2D eigenvalue weighted by atomic mass is 10.1. The first-order valence-electron chi connectivity index (χ1n) is 9.23. The number of pyridine rings is 1. The first-order chi connectivity index (χ1) is 14.1. The zero-order valence-corrected chi connectivity index (χ0v) is 16.3. The number of alkyl halides is 3. The molecule has 0 bridgehead atoms. The van der Waals surface area contributed by atoms with Crippen LogP contribution >= 0.6 is 0 Å². The second-order valence-corrected chi connectivity index (χ2v) is 7.01. The van der Waals surface area contributed by atoms with Crippen molar-refractivity contribution in [3.63, 3.8) is 0 Å². The molecule has 160 valence electrons. The predicted octanol–water partition coefficient (Wildman–Crippen LogP) is 2.96. The van der Waals surface area contributed by atoms with Gasteiger partial charge in [-0.15, -0.1) is 0 Å². The number of nitrogens with one attached hydrogen (secondary N) is 2. The van der Waals surface area contributed by atoms with Crippen LogP contribution in [0.1, 0.15) is 47.6 Å². The predicted molar refractivity (Wildman–Crippen MR) is 99.8 cm³/mol. The molecule has 1 unspecified atom stereocenters. The largest absolute Gasteiger partial charge is 0.468 e.